The molecule has 0 unspecified atom stereocenters. The molecule has 0 bridgehead atoms. The van der Waals surface area contributed by atoms with Gasteiger partial charge in [-0.3, -0.25) is 0 Å². The maximum absolute atomic E-state index is 12.6. The van der Waals surface area contributed by atoms with Gasteiger partial charge in [-0.15, -0.1) is 22.7 Å². The highest BCUT2D eigenvalue weighted by Crippen LogP contribution is 2.26. The van der Waals surface area contributed by atoms with Crippen molar-refractivity contribution >= 4 is 32.7 Å². The molecule has 0 saturated heterocycles. The Morgan fingerprint density at radius 1 is 1.38 bits per heavy atom. The lowest BCUT2D eigenvalue weighted by Gasteiger charge is -2.15. The number of hydrogen-bond donors (Lipinski definition) is 1. The molecule has 2 heterocycles. The van der Waals surface area contributed by atoms with Crippen LogP contribution in [0.2, 0.25) is 0 Å². The van der Waals surface area contributed by atoms with Crippen LogP contribution in [0.4, 0.5) is 0 Å². The van der Waals surface area contributed by atoms with Crippen molar-refractivity contribution in [2.24, 2.45) is 0 Å². The van der Waals surface area contributed by atoms with Crippen LogP contribution in [0.3, 0.4) is 0 Å². The van der Waals surface area contributed by atoms with Crippen molar-refractivity contribution in [1.82, 2.24) is 14.6 Å². The summed E-state index contributed by atoms with van der Waals surface area (Å²) in [5.74, 6) is 0. The van der Waals surface area contributed by atoms with Gasteiger partial charge >= 0.3 is 0 Å². The van der Waals surface area contributed by atoms with Gasteiger partial charge in [0.15, 0.2) is 0 Å². The highest BCUT2D eigenvalue weighted by atomic mass is 32.2. The number of hydrogen-bond acceptors (Lipinski definition) is 6. The molecule has 2 aromatic rings. The molecule has 0 amide bonds. The van der Waals surface area contributed by atoms with Crippen LogP contribution in [-0.2, 0) is 23.1 Å². The Balaban J connectivity index is 2.13. The van der Waals surface area contributed by atoms with Gasteiger partial charge in [0, 0.05) is 29.9 Å². The smallest absolute Gasteiger partial charge is 0.252 e. The highest BCUT2D eigenvalue weighted by Gasteiger charge is 2.23. The molecule has 0 radical (unpaired) electrons. The number of rotatable bonds is 7. The van der Waals surface area contributed by atoms with Crippen LogP contribution in [0.5, 0.6) is 0 Å². The van der Waals surface area contributed by atoms with Gasteiger partial charge in [-0.25, -0.2) is 13.4 Å². The first-order chi connectivity index (χ1) is 9.95. The number of thiophene rings is 1. The van der Waals surface area contributed by atoms with E-state index >= 15 is 0 Å². The third kappa shape index (κ3) is 3.89. The molecule has 0 aromatic carbocycles. The fourth-order valence-electron chi connectivity index (χ4n) is 1.76. The summed E-state index contributed by atoms with van der Waals surface area (Å²) in [4.78, 5) is 6.16. The van der Waals surface area contributed by atoms with Crippen LogP contribution in [0.15, 0.2) is 21.9 Å². The molecule has 0 aliphatic rings. The molecular weight excluding hydrogens is 326 g/mol. The summed E-state index contributed by atoms with van der Waals surface area (Å²) >= 11 is 2.80. The Morgan fingerprint density at radius 2 is 2.14 bits per heavy atom. The van der Waals surface area contributed by atoms with E-state index in [4.69, 9.17) is 0 Å². The first kappa shape index (κ1) is 16.6. The lowest BCUT2D eigenvalue weighted by atomic mass is 10.4. The number of aromatic nitrogens is 1. The van der Waals surface area contributed by atoms with Crippen LogP contribution in [-0.4, -0.2) is 31.3 Å². The van der Waals surface area contributed by atoms with Crippen molar-refractivity contribution in [3.8, 4) is 0 Å². The Kier molecular flexibility index (Phi) is 5.50. The first-order valence-electron chi connectivity index (χ1n) is 6.60. The van der Waals surface area contributed by atoms with E-state index in [-0.39, 0.29) is 0 Å². The largest absolute Gasteiger partial charge is 0.312 e. The van der Waals surface area contributed by atoms with Gasteiger partial charge in [-0.1, -0.05) is 6.92 Å². The molecule has 0 saturated carbocycles. The van der Waals surface area contributed by atoms with Gasteiger partial charge in [0.05, 0.1) is 11.2 Å². The summed E-state index contributed by atoms with van der Waals surface area (Å²) < 4.78 is 26.9. The van der Waals surface area contributed by atoms with Crippen molar-refractivity contribution in [3.05, 3.63) is 33.1 Å². The molecular formula is C13H19N3O2S3. The zero-order valence-electron chi connectivity index (χ0n) is 12.3. The van der Waals surface area contributed by atoms with Gasteiger partial charge in [-0.2, -0.15) is 4.31 Å². The summed E-state index contributed by atoms with van der Waals surface area (Å²) in [6.07, 6.45) is 0. The van der Waals surface area contributed by atoms with Crippen LogP contribution in [0.1, 0.15) is 22.4 Å². The number of thiazole rings is 1. The summed E-state index contributed by atoms with van der Waals surface area (Å²) in [5.41, 5.74) is 2.63. The molecule has 21 heavy (non-hydrogen) atoms. The van der Waals surface area contributed by atoms with Gasteiger partial charge < -0.3 is 5.32 Å². The lowest BCUT2D eigenvalue weighted by Crippen LogP contribution is -2.25. The molecule has 2 rings (SSSR count). The van der Waals surface area contributed by atoms with Crippen molar-refractivity contribution in [3.63, 3.8) is 0 Å². The van der Waals surface area contributed by atoms with E-state index in [9.17, 15) is 8.42 Å². The van der Waals surface area contributed by atoms with Crippen molar-refractivity contribution in [1.29, 1.82) is 0 Å². The Bertz CT molecular complexity index is 691. The molecule has 0 spiro atoms. The second-order valence-electron chi connectivity index (χ2n) is 4.62. The van der Waals surface area contributed by atoms with Crippen molar-refractivity contribution in [2.45, 2.75) is 31.1 Å². The number of nitrogens with one attached hydrogen (secondary N) is 1. The minimum absolute atomic E-state index is 0.360. The standard InChI is InChI=1S/C13H19N3O2S3/c1-4-14-7-11-5-6-13(20-11)21(17,18)16(3)8-12-10(2)15-9-19-12/h5-6,9,14H,4,7-8H2,1-3H3. The molecule has 0 aliphatic heterocycles. The van der Waals surface area contributed by atoms with Crippen LogP contribution in [0, 0.1) is 6.92 Å². The molecule has 2 aromatic heterocycles. The summed E-state index contributed by atoms with van der Waals surface area (Å²) in [5, 5.41) is 3.20. The maximum Gasteiger partial charge on any atom is 0.252 e. The Morgan fingerprint density at radius 3 is 2.76 bits per heavy atom. The normalized spacial score (nSPS) is 12.2. The first-order valence-corrected chi connectivity index (χ1v) is 9.73. The predicted octanol–water partition coefficient (Wildman–Crippen LogP) is 2.44. The van der Waals surface area contributed by atoms with E-state index in [0.717, 1.165) is 22.0 Å². The second kappa shape index (κ2) is 6.97. The van der Waals surface area contributed by atoms with Crippen molar-refractivity contribution in [2.75, 3.05) is 13.6 Å². The quantitative estimate of drug-likeness (QED) is 0.837. The van der Waals surface area contributed by atoms with Gasteiger partial charge in [0.2, 0.25) is 0 Å². The van der Waals surface area contributed by atoms with Crippen LogP contribution >= 0.6 is 22.7 Å². The summed E-state index contributed by atoms with van der Waals surface area (Å²) in [7, 11) is -1.82. The van der Waals surface area contributed by atoms with E-state index in [1.54, 1.807) is 18.6 Å². The average molecular weight is 346 g/mol. The van der Waals surface area contributed by atoms with Gasteiger partial charge in [0.25, 0.3) is 10.0 Å². The molecule has 1 N–H and O–H groups in total. The minimum Gasteiger partial charge on any atom is -0.312 e. The Hall–Kier alpha value is -0.800. The average Bonchev–Trinajstić information content (AvgIpc) is 3.06. The van der Waals surface area contributed by atoms with Crippen LogP contribution in [0.25, 0.3) is 0 Å². The molecule has 5 nitrogen and oxygen atoms in total. The Labute approximate surface area is 133 Å². The van der Waals surface area contributed by atoms with E-state index in [0.29, 0.717) is 17.3 Å². The molecule has 0 aliphatic carbocycles. The lowest BCUT2D eigenvalue weighted by molar-refractivity contribution is 0.470. The number of aryl methyl sites for hydroxylation is 1. The number of sulfonamides is 1. The van der Waals surface area contributed by atoms with Gasteiger partial charge in [0.1, 0.15) is 4.21 Å². The van der Waals surface area contributed by atoms with E-state index in [1.165, 1.54) is 27.0 Å². The molecule has 116 valence electrons. The van der Waals surface area contributed by atoms with E-state index in [1.807, 2.05) is 19.9 Å². The SMILES string of the molecule is CCNCc1ccc(S(=O)(=O)N(C)Cc2scnc2C)s1. The predicted molar refractivity (Wildman–Crippen MR) is 87.2 cm³/mol. The molecule has 8 heteroatoms. The maximum atomic E-state index is 12.6. The minimum atomic E-state index is -3.43. The fraction of sp³-hybridized carbons (Fsp3) is 0.462. The third-order valence-electron chi connectivity index (χ3n) is 3.06. The van der Waals surface area contributed by atoms with E-state index in [2.05, 4.69) is 10.3 Å². The topological polar surface area (TPSA) is 62.3 Å². The van der Waals surface area contributed by atoms with Crippen LogP contribution < -0.4 is 5.32 Å². The summed E-state index contributed by atoms with van der Waals surface area (Å²) in [6, 6.07) is 3.55. The summed E-state index contributed by atoms with van der Waals surface area (Å²) in [6.45, 7) is 5.85. The zero-order valence-corrected chi connectivity index (χ0v) is 14.7. The second-order valence-corrected chi connectivity index (χ2v) is 9.00. The fourth-order valence-corrected chi connectivity index (χ4v) is 5.35. The van der Waals surface area contributed by atoms with E-state index < -0.39 is 10.0 Å². The van der Waals surface area contributed by atoms with Gasteiger partial charge in [-0.05, 0) is 25.6 Å². The highest BCUT2D eigenvalue weighted by molar-refractivity contribution is 7.91. The number of nitrogens with zero attached hydrogens (tertiary/aromatic N) is 2. The monoisotopic (exact) mass is 345 g/mol. The van der Waals surface area contributed by atoms with Crippen molar-refractivity contribution < 1.29 is 8.42 Å². The molecule has 0 atom stereocenters. The molecule has 0 fully saturated rings. The zero-order chi connectivity index (χ0) is 15.5. The third-order valence-corrected chi connectivity index (χ3v) is 7.34.